The van der Waals surface area contributed by atoms with E-state index in [1.807, 2.05) is 0 Å². The van der Waals surface area contributed by atoms with Crippen LogP contribution < -0.4 is 0 Å². The molecule has 0 saturated carbocycles. The van der Waals surface area contributed by atoms with Crippen molar-refractivity contribution in [3.05, 3.63) is 6.92 Å². The van der Waals surface area contributed by atoms with Gasteiger partial charge in [-0.05, 0) is 13.5 Å². The van der Waals surface area contributed by atoms with Crippen LogP contribution in [0.2, 0.25) is 0 Å². The highest BCUT2D eigenvalue weighted by Gasteiger charge is 2.15. The van der Waals surface area contributed by atoms with Gasteiger partial charge in [0.25, 0.3) is 0 Å². The number of nitrogens with zero attached hydrogens (tertiary/aromatic N) is 1. The van der Waals surface area contributed by atoms with Gasteiger partial charge in [0.15, 0.2) is 0 Å². The zero-order chi connectivity index (χ0) is 7.40. The maximum absolute atomic E-state index is 8.74. The lowest BCUT2D eigenvalue weighted by Gasteiger charge is -2.29. The molecule has 1 heterocycles. The first kappa shape index (κ1) is 8.71. The maximum Gasteiger partial charge on any atom is 0.0485 e. The number of rotatable bonds is 2. The van der Waals surface area contributed by atoms with Crippen LogP contribution >= 0.6 is 21.0 Å². The van der Waals surface area contributed by atoms with Crippen molar-refractivity contribution in [3.63, 3.8) is 0 Å². The summed E-state index contributed by atoms with van der Waals surface area (Å²) in [6.07, 6.45) is 0. The van der Waals surface area contributed by atoms with Gasteiger partial charge in [0.05, 0.1) is 0 Å². The second-order valence-electron chi connectivity index (χ2n) is 2.26. The fraction of sp³-hybridized carbons (Fsp3) is 0.833. The summed E-state index contributed by atoms with van der Waals surface area (Å²) in [4.78, 5) is 2.32. The number of hydrogen-bond donors (Lipinski definition) is 1. The Bertz CT molecular complexity index is 81.7. The summed E-state index contributed by atoms with van der Waals surface area (Å²) in [5.74, 6) is 2.27. The minimum Gasteiger partial charge on any atom is -0.321 e. The molecule has 1 aliphatic rings. The summed E-state index contributed by atoms with van der Waals surface area (Å²) in [5.41, 5.74) is 0. The first-order valence-electron chi connectivity index (χ1n) is 3.38. The molecule has 0 aromatic carbocycles. The van der Waals surface area contributed by atoms with Crippen molar-refractivity contribution in [2.45, 2.75) is 0 Å². The van der Waals surface area contributed by atoms with Crippen LogP contribution in [0, 0.1) is 6.92 Å². The van der Waals surface area contributed by atoms with Gasteiger partial charge in [-0.1, -0.05) is 0 Å². The molecule has 0 aromatic heterocycles. The molecule has 1 N–H and O–H groups in total. The van der Waals surface area contributed by atoms with Crippen LogP contribution in [0.1, 0.15) is 0 Å². The largest absolute Gasteiger partial charge is 0.321 e. The second kappa shape index (κ2) is 4.49. The van der Waals surface area contributed by atoms with E-state index in [0.717, 1.165) is 42.2 Å². The highest BCUT2D eigenvalue weighted by Crippen LogP contribution is 2.39. The minimum atomic E-state index is 0.229. The predicted molar refractivity (Wildman–Crippen MR) is 49.3 cm³/mol. The Morgan fingerprint density at radius 1 is 1.50 bits per heavy atom. The topological polar surface area (TPSA) is 23.5 Å². The van der Waals surface area contributed by atoms with Crippen molar-refractivity contribution in [1.29, 1.82) is 0 Å². The van der Waals surface area contributed by atoms with Crippen molar-refractivity contribution in [3.8, 4) is 0 Å². The van der Waals surface area contributed by atoms with Gasteiger partial charge < -0.3 is 9.45 Å². The summed E-state index contributed by atoms with van der Waals surface area (Å²) in [7, 11) is 0.229. The van der Waals surface area contributed by atoms with Crippen molar-refractivity contribution < 1.29 is 4.55 Å². The van der Waals surface area contributed by atoms with Gasteiger partial charge in [0.1, 0.15) is 0 Å². The van der Waals surface area contributed by atoms with Gasteiger partial charge in [-0.15, -0.1) is 9.93 Å². The Hall–Kier alpha value is 0.620. The van der Waals surface area contributed by atoms with E-state index >= 15 is 0 Å². The first-order valence-corrected chi connectivity index (χ1v) is 6.23. The molecule has 2 nitrogen and oxygen atoms in total. The molecule has 0 atom stereocenters. The van der Waals surface area contributed by atoms with Gasteiger partial charge in [-0.25, -0.2) is 0 Å². The van der Waals surface area contributed by atoms with E-state index in [1.54, 1.807) is 0 Å². The Balaban J connectivity index is 2.17. The van der Waals surface area contributed by atoms with Gasteiger partial charge >= 0.3 is 0 Å². The number of hydrogen-bond acceptors (Lipinski definition) is 3. The third kappa shape index (κ3) is 2.34. The Morgan fingerprint density at radius 2 is 2.10 bits per heavy atom. The molecule has 1 aliphatic heterocycles. The molecule has 0 aromatic rings. The molecule has 2 radical (unpaired) electrons. The summed E-state index contributed by atoms with van der Waals surface area (Å²) in [6, 6.07) is 0. The van der Waals surface area contributed by atoms with Crippen LogP contribution in [0.3, 0.4) is 0 Å². The monoisotopic (exact) mass is 179 g/mol. The smallest absolute Gasteiger partial charge is 0.0485 e. The van der Waals surface area contributed by atoms with Crippen molar-refractivity contribution in [2.24, 2.45) is 0 Å². The Morgan fingerprint density at radius 3 is 2.50 bits per heavy atom. The van der Waals surface area contributed by atoms with Gasteiger partial charge in [-0.2, -0.15) is 0 Å². The molecule has 0 unspecified atom stereocenters. The molecule has 4 heteroatoms. The average Bonchev–Trinajstić information content (AvgIpc) is 2.05. The summed E-state index contributed by atoms with van der Waals surface area (Å²) in [6.45, 7) is 6.95. The zero-order valence-electron chi connectivity index (χ0n) is 5.95. The second-order valence-corrected chi connectivity index (χ2v) is 5.97. The van der Waals surface area contributed by atoms with E-state index in [9.17, 15) is 0 Å². The molecule has 1 fully saturated rings. The fourth-order valence-corrected chi connectivity index (χ4v) is 3.15. The van der Waals surface area contributed by atoms with Crippen LogP contribution in [0.15, 0.2) is 0 Å². The van der Waals surface area contributed by atoms with Crippen molar-refractivity contribution in [2.75, 3.05) is 31.1 Å². The van der Waals surface area contributed by atoms with E-state index in [1.165, 1.54) is 0 Å². The standard InChI is InChI=1S/C6H13NOS2/c1-2-7-3-5-10(9-8)6-4-7/h8H,1-6H2. The van der Waals surface area contributed by atoms with E-state index in [0.29, 0.717) is 0 Å². The van der Waals surface area contributed by atoms with Crippen LogP contribution in [0.25, 0.3) is 0 Å². The molecular formula is C6H13NOS2. The quantitative estimate of drug-likeness (QED) is 0.513. The van der Waals surface area contributed by atoms with Gasteiger partial charge in [0.2, 0.25) is 0 Å². The summed E-state index contributed by atoms with van der Waals surface area (Å²) < 4.78 is 8.74. The highest BCUT2D eigenvalue weighted by atomic mass is 33.1. The zero-order valence-corrected chi connectivity index (χ0v) is 7.59. The van der Waals surface area contributed by atoms with Crippen LogP contribution in [-0.2, 0) is 0 Å². The first-order chi connectivity index (χ1) is 4.86. The predicted octanol–water partition coefficient (Wildman–Crippen LogP) is 1.53. The van der Waals surface area contributed by atoms with E-state index in [2.05, 4.69) is 11.8 Å². The third-order valence-electron chi connectivity index (χ3n) is 1.69. The normalized spacial score (nSPS) is 23.4. The van der Waals surface area contributed by atoms with Crippen LogP contribution in [-0.4, -0.2) is 40.6 Å². The highest BCUT2D eigenvalue weighted by molar-refractivity contribution is 8.83. The molecule has 0 amide bonds. The van der Waals surface area contributed by atoms with E-state index < -0.39 is 0 Å². The summed E-state index contributed by atoms with van der Waals surface area (Å²) in [5, 5.41) is 0. The van der Waals surface area contributed by atoms with E-state index in [-0.39, 0.29) is 9.93 Å². The molecule has 60 valence electrons. The molecule has 0 bridgehead atoms. The molecule has 0 aliphatic carbocycles. The van der Waals surface area contributed by atoms with Gasteiger partial charge in [-0.3, -0.25) is 0 Å². The molecule has 10 heavy (non-hydrogen) atoms. The minimum absolute atomic E-state index is 0.229. The lowest BCUT2D eigenvalue weighted by Crippen LogP contribution is -2.33. The van der Waals surface area contributed by atoms with E-state index in [4.69, 9.17) is 4.55 Å². The lowest BCUT2D eigenvalue weighted by molar-refractivity contribution is 0.334. The molecule has 1 saturated heterocycles. The maximum atomic E-state index is 8.74. The van der Waals surface area contributed by atoms with Crippen molar-refractivity contribution >= 4 is 21.0 Å². The molecular weight excluding hydrogens is 166 g/mol. The molecule has 0 spiro atoms. The third-order valence-corrected chi connectivity index (χ3v) is 4.81. The Kier molecular flexibility index (Phi) is 3.91. The SMILES string of the molecule is [CH2]CN1CC[S](SO)CC1. The lowest BCUT2D eigenvalue weighted by atomic mass is 10.5. The van der Waals surface area contributed by atoms with Gasteiger partial charge in [0, 0.05) is 35.7 Å². The van der Waals surface area contributed by atoms with Crippen LogP contribution in [0.4, 0.5) is 0 Å². The average molecular weight is 179 g/mol. The fourth-order valence-electron chi connectivity index (χ4n) is 0.974. The van der Waals surface area contributed by atoms with Crippen molar-refractivity contribution in [1.82, 2.24) is 4.90 Å². The summed E-state index contributed by atoms with van der Waals surface area (Å²) >= 11 is 1.04. The Labute approximate surface area is 68.9 Å². The van der Waals surface area contributed by atoms with Crippen LogP contribution in [0.5, 0.6) is 0 Å². The molecule has 1 rings (SSSR count).